The lowest BCUT2D eigenvalue weighted by Gasteiger charge is -2.16. The number of hydrogen-bond acceptors (Lipinski definition) is 4. The van der Waals surface area contributed by atoms with E-state index in [4.69, 9.17) is 6.57 Å². The Hall–Kier alpha value is -4.95. The molecule has 0 unspecified atom stereocenters. The molecule has 1 aliphatic rings. The smallest absolute Gasteiger partial charge is 0.405 e. The summed E-state index contributed by atoms with van der Waals surface area (Å²) in [6.07, 6.45) is -1.80. The lowest BCUT2D eigenvalue weighted by Crippen LogP contribution is -2.18. The van der Waals surface area contributed by atoms with Crippen LogP contribution in [0, 0.1) is 24.8 Å². The summed E-state index contributed by atoms with van der Waals surface area (Å²) >= 11 is 0. The van der Waals surface area contributed by atoms with E-state index in [0.29, 0.717) is 27.9 Å². The van der Waals surface area contributed by atoms with Gasteiger partial charge in [0.2, 0.25) is 0 Å². The van der Waals surface area contributed by atoms with E-state index in [1.807, 2.05) is 37.3 Å². The zero-order valence-corrected chi connectivity index (χ0v) is 18.8. The molecule has 36 heavy (non-hydrogen) atoms. The zero-order valence-electron chi connectivity index (χ0n) is 18.8. The van der Waals surface area contributed by atoms with E-state index < -0.39 is 12.1 Å². The predicted octanol–water partition coefficient (Wildman–Crippen LogP) is 7.20. The van der Waals surface area contributed by atoms with Crippen LogP contribution in [0.1, 0.15) is 16.7 Å². The quantitative estimate of drug-likeness (QED) is 0.202. The van der Waals surface area contributed by atoms with Gasteiger partial charge in [-0.2, -0.15) is 0 Å². The van der Waals surface area contributed by atoms with Gasteiger partial charge in [0.25, 0.3) is 5.70 Å². The van der Waals surface area contributed by atoms with Crippen molar-refractivity contribution in [2.24, 2.45) is 0 Å². The molecule has 0 saturated carbocycles. The van der Waals surface area contributed by atoms with Gasteiger partial charge in [0.15, 0.2) is 0 Å². The highest BCUT2D eigenvalue weighted by atomic mass is 19.4. The predicted molar refractivity (Wildman–Crippen MR) is 128 cm³/mol. The molecule has 2 aromatic heterocycles. The minimum absolute atomic E-state index is 0.139. The molecule has 0 fully saturated rings. The van der Waals surface area contributed by atoms with Gasteiger partial charge in [-0.1, -0.05) is 18.2 Å². The first-order chi connectivity index (χ1) is 17.3. The Balaban J connectivity index is 1.86. The van der Waals surface area contributed by atoms with Gasteiger partial charge in [-0.05, 0) is 77.2 Å². The van der Waals surface area contributed by atoms with Gasteiger partial charge in [-0.3, -0.25) is 9.97 Å². The molecule has 174 valence electrons. The molecule has 0 spiro atoms. The van der Waals surface area contributed by atoms with Crippen LogP contribution in [-0.2, 0) is 0 Å². The average molecular weight is 480 g/mol. The summed E-state index contributed by atoms with van der Waals surface area (Å²) < 4.78 is 44.5. The minimum Gasteiger partial charge on any atom is -0.405 e. The van der Waals surface area contributed by atoms with Crippen LogP contribution in [0.5, 0.6) is 5.75 Å². The van der Waals surface area contributed by atoms with Crippen molar-refractivity contribution in [3.05, 3.63) is 107 Å². The standard InChI is InChI=1S/C28H15F3N4O/c1-16-11-20-18(12-17(16)23-7-3-5-9-34-23)19-13-22(24-8-4-6-10-35-24)26(36-28(29,30)31)14-21(19)27(20)25(15-32)33-2/h3-14H,1H3/b27-25+. The molecule has 0 aliphatic heterocycles. The first kappa shape index (κ1) is 22.8. The number of pyridine rings is 2. The molecule has 0 saturated heterocycles. The highest BCUT2D eigenvalue weighted by Crippen LogP contribution is 2.51. The Morgan fingerprint density at radius 1 is 0.861 bits per heavy atom. The zero-order chi connectivity index (χ0) is 25.4. The number of alkyl halides is 3. The highest BCUT2D eigenvalue weighted by Gasteiger charge is 2.35. The number of allylic oxidation sites excluding steroid dienone is 1. The summed E-state index contributed by atoms with van der Waals surface area (Å²) in [5.74, 6) is -0.464. The van der Waals surface area contributed by atoms with E-state index in [1.165, 1.54) is 12.3 Å². The Labute approximate surface area is 204 Å². The maximum atomic E-state index is 13.4. The van der Waals surface area contributed by atoms with Crippen LogP contribution in [0.15, 0.2) is 78.8 Å². The maximum Gasteiger partial charge on any atom is 0.573 e. The molecule has 0 bridgehead atoms. The molecular formula is C28H15F3N4O. The van der Waals surface area contributed by atoms with Crippen LogP contribution in [0.4, 0.5) is 13.2 Å². The molecule has 2 aromatic carbocycles. The van der Waals surface area contributed by atoms with Gasteiger partial charge in [-0.25, -0.2) is 10.1 Å². The van der Waals surface area contributed by atoms with Gasteiger partial charge in [0.05, 0.1) is 24.0 Å². The molecule has 1 aliphatic carbocycles. The second-order valence-electron chi connectivity index (χ2n) is 8.03. The Bertz CT molecular complexity index is 1600. The second-order valence-corrected chi connectivity index (χ2v) is 8.03. The lowest BCUT2D eigenvalue weighted by molar-refractivity contribution is -0.274. The largest absolute Gasteiger partial charge is 0.573 e. The first-order valence-corrected chi connectivity index (χ1v) is 10.7. The van der Waals surface area contributed by atoms with E-state index in [9.17, 15) is 18.4 Å². The number of nitriles is 1. The van der Waals surface area contributed by atoms with Crippen LogP contribution < -0.4 is 4.74 Å². The van der Waals surface area contributed by atoms with Gasteiger partial charge < -0.3 is 4.74 Å². The van der Waals surface area contributed by atoms with Gasteiger partial charge in [-0.15, -0.1) is 13.2 Å². The fourth-order valence-corrected chi connectivity index (χ4v) is 4.41. The van der Waals surface area contributed by atoms with Crippen LogP contribution in [-0.4, -0.2) is 16.3 Å². The van der Waals surface area contributed by atoms with Crippen LogP contribution >= 0.6 is 0 Å². The lowest BCUT2D eigenvalue weighted by atomic mass is 9.95. The maximum absolute atomic E-state index is 13.4. The number of rotatable bonds is 3. The van der Waals surface area contributed by atoms with E-state index >= 15 is 0 Å². The number of halogens is 3. The van der Waals surface area contributed by atoms with Crippen molar-refractivity contribution in [3.63, 3.8) is 0 Å². The molecular weight excluding hydrogens is 465 g/mol. The Morgan fingerprint density at radius 3 is 1.97 bits per heavy atom. The van der Waals surface area contributed by atoms with E-state index in [2.05, 4.69) is 19.5 Å². The first-order valence-electron chi connectivity index (χ1n) is 10.7. The van der Waals surface area contributed by atoms with Crippen LogP contribution in [0.25, 0.3) is 44.1 Å². The fraction of sp³-hybridized carbons (Fsp3) is 0.0714. The van der Waals surface area contributed by atoms with E-state index in [0.717, 1.165) is 16.8 Å². The van der Waals surface area contributed by atoms with E-state index in [-0.39, 0.29) is 16.8 Å². The number of benzene rings is 2. The molecule has 2 heterocycles. The van der Waals surface area contributed by atoms with Crippen molar-refractivity contribution in [1.82, 2.24) is 9.97 Å². The molecule has 0 N–H and O–H groups in total. The van der Waals surface area contributed by atoms with Gasteiger partial charge in [0, 0.05) is 29.1 Å². The summed E-state index contributed by atoms with van der Waals surface area (Å²) in [7, 11) is 0. The third-order valence-corrected chi connectivity index (χ3v) is 5.87. The molecule has 5 nitrogen and oxygen atoms in total. The van der Waals surface area contributed by atoms with Crippen molar-refractivity contribution in [2.75, 3.05) is 0 Å². The average Bonchev–Trinajstić information content (AvgIpc) is 3.16. The molecule has 5 rings (SSSR count). The van der Waals surface area contributed by atoms with Crippen molar-refractivity contribution >= 4 is 5.57 Å². The summed E-state index contributed by atoms with van der Waals surface area (Å²) in [6.45, 7) is 9.41. The van der Waals surface area contributed by atoms with Crippen LogP contribution in [0.3, 0.4) is 0 Å². The molecule has 0 atom stereocenters. The molecule has 0 amide bonds. The number of aromatic nitrogens is 2. The number of nitrogens with zero attached hydrogens (tertiary/aromatic N) is 4. The third-order valence-electron chi connectivity index (χ3n) is 5.87. The summed E-state index contributed by atoms with van der Waals surface area (Å²) in [4.78, 5) is 12.0. The normalized spacial score (nSPS) is 13.3. The molecule has 8 heteroatoms. The second kappa shape index (κ2) is 8.68. The summed E-state index contributed by atoms with van der Waals surface area (Å²) in [5.41, 5.74) is 5.04. The van der Waals surface area contributed by atoms with Crippen molar-refractivity contribution in [2.45, 2.75) is 13.3 Å². The monoisotopic (exact) mass is 480 g/mol. The van der Waals surface area contributed by atoms with E-state index in [1.54, 1.807) is 36.5 Å². The number of aryl methyl sites for hydroxylation is 1. The fourth-order valence-electron chi connectivity index (χ4n) is 4.41. The van der Waals surface area contributed by atoms with Crippen molar-refractivity contribution in [1.29, 1.82) is 5.26 Å². The molecule has 4 aromatic rings. The topological polar surface area (TPSA) is 63.2 Å². The number of hydrogen-bond donors (Lipinski definition) is 0. The summed E-state index contributed by atoms with van der Waals surface area (Å²) in [6, 6.07) is 18.9. The van der Waals surface area contributed by atoms with Crippen molar-refractivity contribution < 1.29 is 17.9 Å². The number of fused-ring (bicyclic) bond motifs is 3. The van der Waals surface area contributed by atoms with Gasteiger partial charge >= 0.3 is 6.36 Å². The molecule has 0 radical (unpaired) electrons. The number of ether oxygens (including phenoxy) is 1. The minimum atomic E-state index is -4.95. The van der Waals surface area contributed by atoms with Crippen LogP contribution in [0.2, 0.25) is 0 Å². The SMILES string of the molecule is [C-]#[N+]/C(C#N)=C1\c2cc(C)c(-c3ccccn3)cc2-c2cc(-c3ccccn3)c(OC(F)(F)F)cc21. The van der Waals surface area contributed by atoms with Crippen molar-refractivity contribution in [3.8, 4) is 45.5 Å². The summed E-state index contributed by atoms with van der Waals surface area (Å²) in [5, 5.41) is 9.67. The third kappa shape index (κ3) is 3.95. The Kier molecular flexibility index (Phi) is 5.50. The van der Waals surface area contributed by atoms with Gasteiger partial charge in [0.1, 0.15) is 5.75 Å². The highest BCUT2D eigenvalue weighted by molar-refractivity contribution is 6.06. The Morgan fingerprint density at radius 2 is 1.44 bits per heavy atom.